The Kier molecular flexibility index (Phi) is 3.12. The molecule has 0 saturated carbocycles. The minimum absolute atomic E-state index is 0.290. The predicted octanol–water partition coefficient (Wildman–Crippen LogP) is 2.22. The number of rotatable bonds is 2. The molecule has 17 heavy (non-hydrogen) atoms. The first-order chi connectivity index (χ1) is 8.22. The SMILES string of the molecule is N#Cc1cc(F)cc(-c2cncc(CN)c2)c1. The van der Waals surface area contributed by atoms with Crippen molar-refractivity contribution < 1.29 is 4.39 Å². The molecule has 4 heteroatoms. The summed E-state index contributed by atoms with van der Waals surface area (Å²) in [5.41, 5.74) is 8.05. The van der Waals surface area contributed by atoms with Crippen molar-refractivity contribution in [3.8, 4) is 17.2 Å². The first-order valence-electron chi connectivity index (χ1n) is 5.08. The fourth-order valence-corrected chi connectivity index (χ4v) is 1.58. The number of nitriles is 1. The van der Waals surface area contributed by atoms with E-state index in [1.165, 1.54) is 12.1 Å². The average Bonchev–Trinajstić information content (AvgIpc) is 2.38. The molecule has 84 valence electrons. The lowest BCUT2D eigenvalue weighted by Crippen LogP contribution is -1.97. The van der Waals surface area contributed by atoms with Crippen LogP contribution in [0.2, 0.25) is 0 Å². The van der Waals surface area contributed by atoms with E-state index in [-0.39, 0.29) is 5.56 Å². The molecule has 0 fully saturated rings. The zero-order valence-corrected chi connectivity index (χ0v) is 9.02. The summed E-state index contributed by atoms with van der Waals surface area (Å²) in [7, 11) is 0. The van der Waals surface area contributed by atoms with Gasteiger partial charge < -0.3 is 5.73 Å². The van der Waals surface area contributed by atoms with Gasteiger partial charge in [-0.25, -0.2) is 4.39 Å². The van der Waals surface area contributed by atoms with Gasteiger partial charge in [0.1, 0.15) is 5.82 Å². The van der Waals surface area contributed by atoms with Gasteiger partial charge in [-0.2, -0.15) is 5.26 Å². The lowest BCUT2D eigenvalue weighted by Gasteiger charge is -2.04. The Labute approximate surface area is 98.3 Å². The molecule has 0 aliphatic rings. The quantitative estimate of drug-likeness (QED) is 0.855. The second kappa shape index (κ2) is 4.73. The van der Waals surface area contributed by atoms with Crippen molar-refractivity contribution in [2.24, 2.45) is 5.73 Å². The Morgan fingerprint density at radius 3 is 2.71 bits per heavy atom. The third kappa shape index (κ3) is 2.47. The summed E-state index contributed by atoms with van der Waals surface area (Å²) < 4.78 is 13.3. The van der Waals surface area contributed by atoms with E-state index < -0.39 is 5.82 Å². The van der Waals surface area contributed by atoms with Crippen molar-refractivity contribution in [1.82, 2.24) is 4.98 Å². The van der Waals surface area contributed by atoms with Crippen LogP contribution in [-0.2, 0) is 6.54 Å². The molecule has 1 aromatic carbocycles. The highest BCUT2D eigenvalue weighted by molar-refractivity contribution is 5.65. The first kappa shape index (κ1) is 11.2. The minimum atomic E-state index is -0.433. The van der Waals surface area contributed by atoms with Crippen LogP contribution in [0.1, 0.15) is 11.1 Å². The van der Waals surface area contributed by atoms with Gasteiger partial charge in [0.05, 0.1) is 11.6 Å². The van der Waals surface area contributed by atoms with Gasteiger partial charge in [-0.05, 0) is 35.4 Å². The summed E-state index contributed by atoms with van der Waals surface area (Å²) in [6.45, 7) is 0.376. The van der Waals surface area contributed by atoms with Crippen molar-refractivity contribution in [1.29, 1.82) is 5.26 Å². The van der Waals surface area contributed by atoms with E-state index in [1.807, 2.05) is 12.1 Å². The Morgan fingerprint density at radius 1 is 1.18 bits per heavy atom. The molecular weight excluding hydrogens is 217 g/mol. The fraction of sp³-hybridized carbons (Fsp3) is 0.0769. The van der Waals surface area contributed by atoms with Gasteiger partial charge in [0, 0.05) is 24.5 Å². The monoisotopic (exact) mass is 227 g/mol. The lowest BCUT2D eigenvalue weighted by atomic mass is 10.0. The van der Waals surface area contributed by atoms with E-state index in [2.05, 4.69) is 4.98 Å². The molecule has 3 nitrogen and oxygen atoms in total. The van der Waals surface area contributed by atoms with Crippen molar-refractivity contribution in [3.05, 3.63) is 53.6 Å². The largest absolute Gasteiger partial charge is 0.326 e. The van der Waals surface area contributed by atoms with Crippen LogP contribution in [0.25, 0.3) is 11.1 Å². The van der Waals surface area contributed by atoms with Crippen LogP contribution >= 0.6 is 0 Å². The van der Waals surface area contributed by atoms with Crippen LogP contribution in [0.15, 0.2) is 36.7 Å². The molecule has 0 amide bonds. The molecule has 0 atom stereocenters. The normalized spacial score (nSPS) is 9.94. The number of pyridine rings is 1. The number of halogens is 1. The molecule has 0 spiro atoms. The van der Waals surface area contributed by atoms with Gasteiger partial charge in [-0.15, -0.1) is 0 Å². The molecule has 1 heterocycles. The molecule has 1 aromatic heterocycles. The van der Waals surface area contributed by atoms with Crippen LogP contribution in [0.3, 0.4) is 0 Å². The third-order valence-electron chi connectivity index (χ3n) is 2.39. The van der Waals surface area contributed by atoms with Crippen LogP contribution < -0.4 is 5.73 Å². The van der Waals surface area contributed by atoms with E-state index in [0.717, 1.165) is 11.1 Å². The van der Waals surface area contributed by atoms with Gasteiger partial charge in [0.2, 0.25) is 0 Å². The topological polar surface area (TPSA) is 62.7 Å². The smallest absolute Gasteiger partial charge is 0.125 e. The average molecular weight is 227 g/mol. The number of benzene rings is 1. The summed E-state index contributed by atoms with van der Waals surface area (Å²) in [4.78, 5) is 4.03. The third-order valence-corrected chi connectivity index (χ3v) is 2.39. The highest BCUT2D eigenvalue weighted by Crippen LogP contribution is 2.21. The molecule has 0 bridgehead atoms. The summed E-state index contributed by atoms with van der Waals surface area (Å²) in [5, 5.41) is 8.78. The number of nitrogens with zero attached hydrogens (tertiary/aromatic N) is 2. The van der Waals surface area contributed by atoms with Crippen molar-refractivity contribution in [2.75, 3.05) is 0 Å². The molecule has 2 N–H and O–H groups in total. The molecule has 0 aliphatic carbocycles. The van der Waals surface area contributed by atoms with Crippen LogP contribution in [0, 0.1) is 17.1 Å². The van der Waals surface area contributed by atoms with Crippen LogP contribution in [-0.4, -0.2) is 4.98 Å². The highest BCUT2D eigenvalue weighted by Gasteiger charge is 2.04. The number of hydrogen-bond donors (Lipinski definition) is 1. The van der Waals surface area contributed by atoms with Gasteiger partial charge in [-0.1, -0.05) is 0 Å². The van der Waals surface area contributed by atoms with E-state index >= 15 is 0 Å². The molecule has 2 aromatic rings. The summed E-state index contributed by atoms with van der Waals surface area (Å²) in [6.07, 6.45) is 3.28. The highest BCUT2D eigenvalue weighted by atomic mass is 19.1. The number of nitrogens with two attached hydrogens (primary N) is 1. The van der Waals surface area contributed by atoms with E-state index in [1.54, 1.807) is 18.5 Å². The molecular formula is C13H10FN3. The van der Waals surface area contributed by atoms with Crippen LogP contribution in [0.4, 0.5) is 4.39 Å². The van der Waals surface area contributed by atoms with Gasteiger partial charge >= 0.3 is 0 Å². The Morgan fingerprint density at radius 2 is 2.00 bits per heavy atom. The summed E-state index contributed by atoms with van der Waals surface area (Å²) in [6, 6.07) is 7.95. The zero-order chi connectivity index (χ0) is 12.3. The second-order valence-corrected chi connectivity index (χ2v) is 3.63. The van der Waals surface area contributed by atoms with Gasteiger partial charge in [0.25, 0.3) is 0 Å². The van der Waals surface area contributed by atoms with Gasteiger partial charge in [-0.3, -0.25) is 4.98 Å². The number of aromatic nitrogens is 1. The Balaban J connectivity index is 2.52. The first-order valence-corrected chi connectivity index (χ1v) is 5.08. The van der Waals surface area contributed by atoms with E-state index in [4.69, 9.17) is 11.0 Å². The van der Waals surface area contributed by atoms with E-state index in [9.17, 15) is 4.39 Å². The van der Waals surface area contributed by atoms with E-state index in [0.29, 0.717) is 12.1 Å². The molecule has 0 saturated heterocycles. The summed E-state index contributed by atoms with van der Waals surface area (Å²) >= 11 is 0. The fourth-order valence-electron chi connectivity index (χ4n) is 1.58. The zero-order valence-electron chi connectivity index (χ0n) is 9.02. The predicted molar refractivity (Wildman–Crippen MR) is 62.2 cm³/mol. The maximum atomic E-state index is 13.3. The number of hydrogen-bond acceptors (Lipinski definition) is 3. The molecule has 2 rings (SSSR count). The Bertz CT molecular complexity index is 587. The maximum absolute atomic E-state index is 13.3. The van der Waals surface area contributed by atoms with Crippen molar-refractivity contribution >= 4 is 0 Å². The molecule has 0 unspecified atom stereocenters. The second-order valence-electron chi connectivity index (χ2n) is 3.63. The van der Waals surface area contributed by atoms with Gasteiger partial charge in [0.15, 0.2) is 0 Å². The van der Waals surface area contributed by atoms with Crippen LogP contribution in [0.5, 0.6) is 0 Å². The van der Waals surface area contributed by atoms with Crippen molar-refractivity contribution in [3.63, 3.8) is 0 Å². The van der Waals surface area contributed by atoms with Crippen molar-refractivity contribution in [2.45, 2.75) is 6.54 Å². The standard InChI is InChI=1S/C13H10FN3/c14-13-3-9(5-15)1-11(4-13)12-2-10(6-16)7-17-8-12/h1-4,7-8H,6,16H2. The lowest BCUT2D eigenvalue weighted by molar-refractivity contribution is 0.628. The minimum Gasteiger partial charge on any atom is -0.326 e. The molecule has 0 aliphatic heterocycles. The molecule has 0 radical (unpaired) electrons. The Hall–Kier alpha value is -2.25. The maximum Gasteiger partial charge on any atom is 0.125 e. The summed E-state index contributed by atoms with van der Waals surface area (Å²) in [5.74, 6) is -0.433.